The molecular formula is C32H46N4O. The van der Waals surface area contributed by atoms with Gasteiger partial charge in [-0.3, -0.25) is 9.98 Å². The van der Waals surface area contributed by atoms with Gasteiger partial charge in [0.2, 0.25) is 0 Å². The molecule has 1 aromatic carbocycles. The lowest BCUT2D eigenvalue weighted by molar-refractivity contribution is 0.105. The fraction of sp³-hybridized carbons (Fsp3) is 0.500. The predicted molar refractivity (Wildman–Crippen MR) is 159 cm³/mol. The lowest BCUT2D eigenvalue weighted by Gasteiger charge is -2.41. The number of aliphatic imine (C=N–C) groups is 2. The topological polar surface area (TPSA) is 60.2 Å². The summed E-state index contributed by atoms with van der Waals surface area (Å²) in [5.74, 6) is 0.703. The van der Waals surface area contributed by atoms with Crippen LogP contribution < -0.4 is 5.32 Å². The van der Waals surface area contributed by atoms with E-state index >= 15 is 0 Å². The molecule has 2 atom stereocenters. The number of phenolic OH excluding ortho intramolecular Hbond substituents is 1. The van der Waals surface area contributed by atoms with Crippen LogP contribution in [-0.4, -0.2) is 63.2 Å². The molecule has 1 aliphatic heterocycles. The van der Waals surface area contributed by atoms with Gasteiger partial charge in [0.1, 0.15) is 5.75 Å². The monoisotopic (exact) mass is 502 g/mol. The van der Waals surface area contributed by atoms with E-state index < -0.39 is 0 Å². The second-order valence-corrected chi connectivity index (χ2v) is 10.6. The van der Waals surface area contributed by atoms with Gasteiger partial charge in [0.25, 0.3) is 0 Å². The van der Waals surface area contributed by atoms with E-state index in [0.717, 1.165) is 51.0 Å². The average molecular weight is 503 g/mol. The minimum Gasteiger partial charge on any atom is -0.508 e. The van der Waals surface area contributed by atoms with Gasteiger partial charge in [-0.25, -0.2) is 0 Å². The molecule has 1 aliphatic carbocycles. The summed E-state index contributed by atoms with van der Waals surface area (Å²) >= 11 is 0. The van der Waals surface area contributed by atoms with E-state index in [-0.39, 0.29) is 11.8 Å². The molecule has 0 spiro atoms. The smallest absolute Gasteiger partial charge is 0.115 e. The van der Waals surface area contributed by atoms with Crippen LogP contribution in [0.25, 0.3) is 0 Å². The largest absolute Gasteiger partial charge is 0.508 e. The fourth-order valence-corrected chi connectivity index (χ4v) is 6.07. The van der Waals surface area contributed by atoms with E-state index in [2.05, 4.69) is 60.7 Å². The molecule has 0 aromatic heterocycles. The Hall–Kier alpha value is -2.76. The van der Waals surface area contributed by atoms with Gasteiger partial charge < -0.3 is 15.3 Å². The van der Waals surface area contributed by atoms with Crippen molar-refractivity contribution in [3.05, 3.63) is 77.6 Å². The summed E-state index contributed by atoms with van der Waals surface area (Å²) < 4.78 is 0. The second-order valence-electron chi connectivity index (χ2n) is 10.6. The Morgan fingerprint density at radius 1 is 1.24 bits per heavy atom. The van der Waals surface area contributed by atoms with Crippen LogP contribution in [0.2, 0.25) is 0 Å². The van der Waals surface area contributed by atoms with Crippen LogP contribution in [0.3, 0.4) is 0 Å². The molecule has 2 N–H and O–H groups in total. The normalized spacial score (nSPS) is 22.9. The van der Waals surface area contributed by atoms with Crippen molar-refractivity contribution < 1.29 is 5.11 Å². The van der Waals surface area contributed by atoms with Gasteiger partial charge in [-0.2, -0.15) is 0 Å². The second kappa shape index (κ2) is 14.3. The number of piperidine rings is 1. The first-order valence-corrected chi connectivity index (χ1v) is 13.7. The van der Waals surface area contributed by atoms with Crippen molar-refractivity contribution in [1.29, 1.82) is 0 Å². The van der Waals surface area contributed by atoms with E-state index in [4.69, 9.17) is 4.99 Å². The molecule has 1 fully saturated rings. The highest BCUT2D eigenvalue weighted by Crippen LogP contribution is 2.45. The molecule has 200 valence electrons. The Bertz CT molecular complexity index is 1020. The van der Waals surface area contributed by atoms with Gasteiger partial charge in [0.15, 0.2) is 0 Å². The Balaban J connectivity index is 1.87. The van der Waals surface area contributed by atoms with Gasteiger partial charge in [-0.05, 0) is 132 Å². The maximum atomic E-state index is 10.1. The number of allylic oxidation sites excluding steroid dienone is 6. The lowest BCUT2D eigenvalue weighted by Crippen LogP contribution is -2.39. The SMILES string of the molecule is C=C/C=C\C(=C/C)C1CCc2cc(O)ccc2C1/C(C=NCCC1(CCNC)CCN(C)CC1)=C/N=C. The van der Waals surface area contributed by atoms with Crippen LogP contribution in [0.4, 0.5) is 0 Å². The summed E-state index contributed by atoms with van der Waals surface area (Å²) in [4.78, 5) is 11.6. The quantitative estimate of drug-likeness (QED) is 0.268. The maximum Gasteiger partial charge on any atom is 0.115 e. The highest BCUT2D eigenvalue weighted by molar-refractivity contribution is 5.82. The van der Waals surface area contributed by atoms with Gasteiger partial charge in [-0.1, -0.05) is 36.9 Å². The summed E-state index contributed by atoms with van der Waals surface area (Å²) in [5.41, 5.74) is 5.15. The number of hydrogen-bond acceptors (Lipinski definition) is 5. The molecule has 1 heterocycles. The summed E-state index contributed by atoms with van der Waals surface area (Å²) in [7, 11) is 4.27. The Morgan fingerprint density at radius 2 is 2.03 bits per heavy atom. The number of rotatable bonds is 12. The van der Waals surface area contributed by atoms with Gasteiger partial charge >= 0.3 is 0 Å². The summed E-state index contributed by atoms with van der Waals surface area (Å²) in [5, 5.41) is 13.5. The zero-order chi connectivity index (χ0) is 26.7. The third-order valence-electron chi connectivity index (χ3n) is 8.34. The van der Waals surface area contributed by atoms with Crippen molar-refractivity contribution in [2.75, 3.05) is 40.3 Å². The molecule has 5 nitrogen and oxygen atoms in total. The van der Waals surface area contributed by atoms with E-state index in [1.54, 1.807) is 6.07 Å². The molecule has 1 saturated heterocycles. The zero-order valence-corrected chi connectivity index (χ0v) is 23.1. The van der Waals surface area contributed by atoms with Crippen LogP contribution >= 0.6 is 0 Å². The molecule has 37 heavy (non-hydrogen) atoms. The first-order chi connectivity index (χ1) is 18.0. The van der Waals surface area contributed by atoms with E-state index in [1.165, 1.54) is 36.0 Å². The molecule has 3 rings (SSSR count). The van der Waals surface area contributed by atoms with Crippen LogP contribution in [0.1, 0.15) is 56.1 Å². The number of aryl methyl sites for hydroxylation is 1. The van der Waals surface area contributed by atoms with Crippen molar-refractivity contribution in [3.8, 4) is 5.75 Å². The predicted octanol–water partition coefficient (Wildman–Crippen LogP) is 6.09. The molecule has 0 amide bonds. The van der Waals surface area contributed by atoms with Gasteiger partial charge in [0.05, 0.1) is 0 Å². The standard InChI is InChI=1S/C32H46N4O/c1-6-8-9-25(7-2)29-12-10-26-22-28(37)11-13-30(26)31(29)27(23-34-4)24-35-19-15-32(14-18-33-3)16-20-36(5)21-17-32/h6-9,11,13,22-24,29,31,33,37H,1,4,10,12,14-21H2,2-3,5H3/b9-8-,25-7+,27-23+,35-24?. The van der Waals surface area contributed by atoms with Crippen LogP contribution in [0.5, 0.6) is 5.75 Å². The van der Waals surface area contributed by atoms with E-state index in [0.29, 0.717) is 11.2 Å². The number of hydrogen-bond donors (Lipinski definition) is 2. The summed E-state index contributed by atoms with van der Waals surface area (Å²) in [6, 6.07) is 5.78. The van der Waals surface area contributed by atoms with Crippen LogP contribution in [0.15, 0.2) is 76.4 Å². The first kappa shape index (κ1) is 28.8. The lowest BCUT2D eigenvalue weighted by atomic mass is 9.69. The third-order valence-corrected chi connectivity index (χ3v) is 8.34. The Kier molecular flexibility index (Phi) is 11.1. The minimum atomic E-state index is 0.0980. The molecule has 2 unspecified atom stereocenters. The third kappa shape index (κ3) is 7.62. The maximum absolute atomic E-state index is 10.1. The van der Waals surface area contributed by atoms with Crippen molar-refractivity contribution in [1.82, 2.24) is 10.2 Å². The average Bonchev–Trinajstić information content (AvgIpc) is 2.91. The fourth-order valence-electron chi connectivity index (χ4n) is 6.07. The first-order valence-electron chi connectivity index (χ1n) is 13.7. The Morgan fingerprint density at radius 3 is 2.70 bits per heavy atom. The molecule has 1 aromatic rings. The number of likely N-dealkylation sites (tertiary alicyclic amines) is 1. The molecule has 0 saturated carbocycles. The van der Waals surface area contributed by atoms with Gasteiger partial charge in [-0.15, -0.1) is 0 Å². The molecule has 5 heteroatoms. The van der Waals surface area contributed by atoms with E-state index in [1.807, 2.05) is 37.7 Å². The van der Waals surface area contributed by atoms with E-state index in [9.17, 15) is 5.11 Å². The van der Waals surface area contributed by atoms with Crippen molar-refractivity contribution in [2.24, 2.45) is 21.3 Å². The van der Waals surface area contributed by atoms with Crippen molar-refractivity contribution in [3.63, 3.8) is 0 Å². The molecule has 0 bridgehead atoms. The van der Waals surface area contributed by atoms with Gasteiger partial charge in [0, 0.05) is 24.9 Å². The van der Waals surface area contributed by atoms with Crippen molar-refractivity contribution in [2.45, 2.75) is 51.4 Å². The van der Waals surface area contributed by atoms with Crippen LogP contribution in [0, 0.1) is 11.3 Å². The molecule has 2 aliphatic rings. The number of benzene rings is 1. The highest BCUT2D eigenvalue weighted by atomic mass is 16.3. The minimum absolute atomic E-state index is 0.0980. The summed E-state index contributed by atoms with van der Waals surface area (Å²) in [6.07, 6.45) is 18.8. The number of nitrogens with zero attached hydrogens (tertiary/aromatic N) is 3. The highest BCUT2D eigenvalue weighted by Gasteiger charge is 2.34. The number of phenols is 1. The zero-order valence-electron chi connectivity index (χ0n) is 23.1. The number of nitrogens with one attached hydrogen (secondary N) is 1. The van der Waals surface area contributed by atoms with Crippen molar-refractivity contribution >= 4 is 12.9 Å². The Labute approximate surface area is 224 Å². The molecular weight excluding hydrogens is 456 g/mol. The number of aromatic hydroxyl groups is 1. The van der Waals surface area contributed by atoms with Crippen LogP contribution in [-0.2, 0) is 6.42 Å². The molecule has 0 radical (unpaired) electrons. The summed E-state index contributed by atoms with van der Waals surface area (Å²) in [6.45, 7) is 13.9. The number of fused-ring (bicyclic) bond motifs is 1.